The Morgan fingerprint density at radius 1 is 0.833 bits per heavy atom. The summed E-state index contributed by atoms with van der Waals surface area (Å²) >= 11 is 3.30. The summed E-state index contributed by atoms with van der Waals surface area (Å²) in [6.07, 6.45) is 2.41. The van der Waals surface area contributed by atoms with E-state index in [1.54, 1.807) is 48.5 Å². The number of hydrogen-bond donors (Lipinski definition) is 2. The van der Waals surface area contributed by atoms with Gasteiger partial charge in [0.05, 0.1) is 0 Å². The Morgan fingerprint density at radius 3 is 1.92 bits per heavy atom. The minimum absolute atomic E-state index is 0.166. The molecule has 0 radical (unpaired) electrons. The first-order valence-electron chi connectivity index (χ1n) is 7.10. The maximum atomic E-state index is 11.9. The number of hydrogen-bond acceptors (Lipinski definition) is 3. The Morgan fingerprint density at radius 2 is 1.38 bits per heavy atom. The smallest absolute Gasteiger partial charge is 0.248 e. The molecule has 6 heteroatoms. The highest BCUT2D eigenvalue weighted by atomic mass is 79.9. The lowest BCUT2D eigenvalue weighted by Crippen LogP contribution is -2.09. The van der Waals surface area contributed by atoms with Crippen molar-refractivity contribution in [1.82, 2.24) is 0 Å². The molecule has 0 fully saturated rings. The molecule has 2 aromatic carbocycles. The van der Waals surface area contributed by atoms with Gasteiger partial charge in [0.1, 0.15) is 0 Å². The number of allylic oxidation sites excluding steroid dienone is 1. The lowest BCUT2D eigenvalue weighted by atomic mass is 10.1. The van der Waals surface area contributed by atoms with Crippen LogP contribution in [0.3, 0.4) is 0 Å². The maximum Gasteiger partial charge on any atom is 0.248 e. The minimum atomic E-state index is -0.410. The van der Waals surface area contributed by atoms with E-state index in [0.717, 1.165) is 4.47 Å². The molecule has 5 nitrogen and oxygen atoms in total. The van der Waals surface area contributed by atoms with Crippen LogP contribution >= 0.6 is 15.9 Å². The van der Waals surface area contributed by atoms with Gasteiger partial charge in [0.15, 0.2) is 5.78 Å². The van der Waals surface area contributed by atoms with Gasteiger partial charge in [0, 0.05) is 34.4 Å². The predicted octanol–water partition coefficient (Wildman–Crippen LogP) is 3.79. The Hall–Kier alpha value is -2.73. The van der Waals surface area contributed by atoms with Crippen molar-refractivity contribution in [2.75, 3.05) is 10.6 Å². The van der Waals surface area contributed by atoms with Gasteiger partial charge in [0.25, 0.3) is 0 Å². The van der Waals surface area contributed by atoms with Crippen LogP contribution in [0.1, 0.15) is 17.3 Å². The highest BCUT2D eigenvalue weighted by Gasteiger charge is 2.03. The molecule has 0 aromatic heterocycles. The number of anilines is 2. The second-order valence-corrected chi connectivity index (χ2v) is 5.87. The van der Waals surface area contributed by atoms with Crippen molar-refractivity contribution in [3.8, 4) is 0 Å². The van der Waals surface area contributed by atoms with Gasteiger partial charge in [0.2, 0.25) is 11.8 Å². The van der Waals surface area contributed by atoms with Crippen LogP contribution in [0.4, 0.5) is 11.4 Å². The van der Waals surface area contributed by atoms with Gasteiger partial charge in [-0.2, -0.15) is 0 Å². The molecule has 0 saturated heterocycles. The number of amides is 2. The van der Waals surface area contributed by atoms with Crippen molar-refractivity contribution in [1.29, 1.82) is 0 Å². The van der Waals surface area contributed by atoms with E-state index in [2.05, 4.69) is 26.6 Å². The van der Waals surface area contributed by atoms with Crippen LogP contribution in [-0.4, -0.2) is 17.6 Å². The van der Waals surface area contributed by atoms with E-state index in [1.165, 1.54) is 19.1 Å². The molecule has 0 saturated carbocycles. The lowest BCUT2D eigenvalue weighted by Gasteiger charge is -2.05. The van der Waals surface area contributed by atoms with Crippen LogP contribution in [-0.2, 0) is 9.59 Å². The molecular formula is C18H15BrN2O3. The summed E-state index contributed by atoms with van der Waals surface area (Å²) in [4.78, 5) is 34.7. The van der Waals surface area contributed by atoms with E-state index < -0.39 is 5.91 Å². The molecule has 0 aliphatic carbocycles. The summed E-state index contributed by atoms with van der Waals surface area (Å²) in [5, 5.41) is 5.27. The molecule has 0 aliphatic heterocycles. The average molecular weight is 387 g/mol. The SMILES string of the molecule is CC(=O)Nc1ccc(NC(=O)/C=C/C(=O)c2ccc(Br)cc2)cc1. The van der Waals surface area contributed by atoms with Crippen LogP contribution in [0.15, 0.2) is 65.2 Å². The minimum Gasteiger partial charge on any atom is -0.326 e. The van der Waals surface area contributed by atoms with Gasteiger partial charge < -0.3 is 10.6 Å². The van der Waals surface area contributed by atoms with E-state index in [0.29, 0.717) is 16.9 Å². The molecule has 0 spiro atoms. The van der Waals surface area contributed by atoms with Gasteiger partial charge in [-0.25, -0.2) is 0 Å². The first-order chi connectivity index (χ1) is 11.4. The molecule has 0 unspecified atom stereocenters. The number of benzene rings is 2. The number of carbonyl (C=O) groups is 3. The summed E-state index contributed by atoms with van der Waals surface area (Å²) in [6, 6.07) is 13.5. The molecule has 2 amide bonds. The van der Waals surface area contributed by atoms with Gasteiger partial charge >= 0.3 is 0 Å². The fourth-order valence-corrected chi connectivity index (χ4v) is 2.15. The van der Waals surface area contributed by atoms with E-state index in [9.17, 15) is 14.4 Å². The third-order valence-corrected chi connectivity index (χ3v) is 3.52. The zero-order valence-electron chi connectivity index (χ0n) is 12.9. The molecular weight excluding hydrogens is 372 g/mol. The van der Waals surface area contributed by atoms with Gasteiger partial charge in [-0.3, -0.25) is 14.4 Å². The highest BCUT2D eigenvalue weighted by molar-refractivity contribution is 9.10. The number of nitrogens with one attached hydrogen (secondary N) is 2. The lowest BCUT2D eigenvalue weighted by molar-refractivity contribution is -0.114. The number of carbonyl (C=O) groups excluding carboxylic acids is 3. The zero-order valence-corrected chi connectivity index (χ0v) is 14.5. The van der Waals surface area contributed by atoms with Crippen molar-refractivity contribution in [3.63, 3.8) is 0 Å². The second kappa shape index (κ2) is 8.21. The van der Waals surface area contributed by atoms with E-state index in [-0.39, 0.29) is 11.7 Å². The van der Waals surface area contributed by atoms with Crippen LogP contribution in [0.5, 0.6) is 0 Å². The largest absolute Gasteiger partial charge is 0.326 e. The van der Waals surface area contributed by atoms with Crippen molar-refractivity contribution < 1.29 is 14.4 Å². The molecule has 0 atom stereocenters. The Balaban J connectivity index is 1.93. The molecule has 0 bridgehead atoms. The Bertz CT molecular complexity index is 781. The first kappa shape index (κ1) is 17.6. The summed E-state index contributed by atoms with van der Waals surface area (Å²) in [7, 11) is 0. The monoisotopic (exact) mass is 386 g/mol. The first-order valence-corrected chi connectivity index (χ1v) is 7.90. The fourth-order valence-electron chi connectivity index (χ4n) is 1.89. The van der Waals surface area contributed by atoms with Crippen molar-refractivity contribution in [3.05, 3.63) is 70.7 Å². The highest BCUT2D eigenvalue weighted by Crippen LogP contribution is 2.14. The molecule has 2 N–H and O–H groups in total. The normalized spacial score (nSPS) is 10.4. The van der Waals surface area contributed by atoms with Crippen molar-refractivity contribution >= 4 is 44.9 Å². The molecule has 2 rings (SSSR count). The van der Waals surface area contributed by atoms with E-state index in [4.69, 9.17) is 0 Å². The molecule has 2 aromatic rings. The van der Waals surface area contributed by atoms with Crippen molar-refractivity contribution in [2.24, 2.45) is 0 Å². The molecule has 0 aliphatic rings. The Kier molecular flexibility index (Phi) is 6.03. The van der Waals surface area contributed by atoms with Crippen LogP contribution in [0.25, 0.3) is 0 Å². The second-order valence-electron chi connectivity index (χ2n) is 4.95. The zero-order chi connectivity index (χ0) is 17.5. The summed E-state index contributed by atoms with van der Waals surface area (Å²) in [5.74, 6) is -0.826. The van der Waals surface area contributed by atoms with Gasteiger partial charge in [-0.05, 0) is 54.6 Å². The Labute approximate surface area is 147 Å². The van der Waals surface area contributed by atoms with Gasteiger partial charge in [-0.15, -0.1) is 0 Å². The maximum absolute atomic E-state index is 11.9. The average Bonchev–Trinajstić information content (AvgIpc) is 2.54. The third-order valence-electron chi connectivity index (χ3n) is 2.99. The van der Waals surface area contributed by atoms with Gasteiger partial charge in [-0.1, -0.05) is 15.9 Å². The fraction of sp³-hybridized carbons (Fsp3) is 0.0556. The number of rotatable bonds is 5. The molecule has 122 valence electrons. The summed E-state index contributed by atoms with van der Waals surface area (Å²) in [5.41, 5.74) is 1.71. The third kappa shape index (κ3) is 5.48. The standard InChI is InChI=1S/C18H15BrN2O3/c1-12(22)20-15-6-8-16(9-7-15)21-18(24)11-10-17(23)13-2-4-14(19)5-3-13/h2-11H,1H3,(H,20,22)(H,21,24)/b11-10+. The number of halogens is 1. The van der Waals surface area contributed by atoms with Crippen LogP contribution in [0, 0.1) is 0 Å². The van der Waals surface area contributed by atoms with Crippen molar-refractivity contribution in [2.45, 2.75) is 6.92 Å². The quantitative estimate of drug-likeness (QED) is 0.606. The summed E-state index contributed by atoms with van der Waals surface area (Å²) < 4.78 is 0.878. The van der Waals surface area contributed by atoms with E-state index in [1.807, 2.05) is 0 Å². The van der Waals surface area contributed by atoms with Crippen LogP contribution < -0.4 is 10.6 Å². The topological polar surface area (TPSA) is 75.3 Å². The summed E-state index contributed by atoms with van der Waals surface area (Å²) in [6.45, 7) is 1.42. The number of ketones is 1. The molecule has 0 heterocycles. The van der Waals surface area contributed by atoms with Crippen LogP contribution in [0.2, 0.25) is 0 Å². The predicted molar refractivity (Wildman–Crippen MR) is 97.0 cm³/mol. The molecule has 24 heavy (non-hydrogen) atoms. The van der Waals surface area contributed by atoms with E-state index >= 15 is 0 Å².